The van der Waals surface area contributed by atoms with Gasteiger partial charge < -0.3 is 16.0 Å². The van der Waals surface area contributed by atoms with Gasteiger partial charge in [0.15, 0.2) is 0 Å². The molecule has 1 fully saturated rings. The smallest absolute Gasteiger partial charge is 0.237 e. The topological polar surface area (TPSA) is 70.2 Å². The van der Waals surface area contributed by atoms with Gasteiger partial charge in [-0.2, -0.15) is 0 Å². The number of carbonyl (C=O) groups is 2. The molecule has 1 atom stereocenters. The first kappa shape index (κ1) is 13.0. The van der Waals surface area contributed by atoms with E-state index in [-0.39, 0.29) is 17.9 Å². The van der Waals surface area contributed by atoms with Crippen molar-refractivity contribution in [2.45, 2.75) is 38.6 Å². The zero-order valence-electron chi connectivity index (χ0n) is 9.84. The minimum Gasteiger partial charge on any atom is -0.356 e. The molecule has 0 bridgehead atoms. The van der Waals surface area contributed by atoms with Gasteiger partial charge in [-0.3, -0.25) is 9.59 Å². The summed E-state index contributed by atoms with van der Waals surface area (Å²) in [5, 5.41) is 8.71. The molecule has 1 saturated heterocycles. The molecule has 0 aromatic heterocycles. The Kier molecular flexibility index (Phi) is 5.85. The maximum Gasteiger partial charge on any atom is 0.237 e. The van der Waals surface area contributed by atoms with Gasteiger partial charge in [0, 0.05) is 26.1 Å². The average molecular weight is 227 g/mol. The molecule has 1 aliphatic heterocycles. The van der Waals surface area contributed by atoms with Crippen molar-refractivity contribution < 1.29 is 9.59 Å². The van der Waals surface area contributed by atoms with E-state index in [0.29, 0.717) is 19.5 Å². The summed E-state index contributed by atoms with van der Waals surface area (Å²) < 4.78 is 0. The van der Waals surface area contributed by atoms with Crippen LogP contribution in [-0.2, 0) is 9.59 Å². The van der Waals surface area contributed by atoms with Crippen molar-refractivity contribution in [2.75, 3.05) is 19.6 Å². The highest BCUT2D eigenvalue weighted by molar-refractivity contribution is 5.82. The first-order chi connectivity index (χ1) is 7.74. The third-order valence-electron chi connectivity index (χ3n) is 2.65. The van der Waals surface area contributed by atoms with Gasteiger partial charge >= 0.3 is 0 Å². The molecule has 5 heteroatoms. The fourth-order valence-electron chi connectivity index (χ4n) is 1.78. The average Bonchev–Trinajstić information content (AvgIpc) is 2.45. The van der Waals surface area contributed by atoms with Crippen LogP contribution in [0, 0.1) is 0 Å². The van der Waals surface area contributed by atoms with E-state index in [9.17, 15) is 9.59 Å². The summed E-state index contributed by atoms with van der Waals surface area (Å²) in [7, 11) is 0. The van der Waals surface area contributed by atoms with Gasteiger partial charge in [-0.05, 0) is 26.2 Å². The zero-order valence-corrected chi connectivity index (χ0v) is 9.84. The molecule has 1 unspecified atom stereocenters. The predicted octanol–water partition coefficient (Wildman–Crippen LogP) is -0.229. The number of rotatable bonds is 5. The molecule has 0 saturated carbocycles. The second-order valence-corrected chi connectivity index (χ2v) is 4.00. The maximum atomic E-state index is 11.5. The van der Waals surface area contributed by atoms with Crippen molar-refractivity contribution in [1.29, 1.82) is 0 Å². The summed E-state index contributed by atoms with van der Waals surface area (Å²) >= 11 is 0. The van der Waals surface area contributed by atoms with Crippen molar-refractivity contribution in [3.8, 4) is 0 Å². The van der Waals surface area contributed by atoms with Gasteiger partial charge in [0.2, 0.25) is 11.8 Å². The van der Waals surface area contributed by atoms with Gasteiger partial charge in [-0.15, -0.1) is 0 Å². The summed E-state index contributed by atoms with van der Waals surface area (Å²) in [6.07, 6.45) is 3.39. The first-order valence-corrected chi connectivity index (χ1v) is 6.02. The molecule has 5 nitrogen and oxygen atoms in total. The maximum absolute atomic E-state index is 11.5. The van der Waals surface area contributed by atoms with Crippen LogP contribution in [0.5, 0.6) is 0 Å². The monoisotopic (exact) mass is 227 g/mol. The molecule has 3 N–H and O–H groups in total. The lowest BCUT2D eigenvalue weighted by molar-refractivity contribution is -0.124. The van der Waals surface area contributed by atoms with Gasteiger partial charge in [0.05, 0.1) is 6.04 Å². The summed E-state index contributed by atoms with van der Waals surface area (Å²) in [5.41, 5.74) is 0. The molecule has 0 aromatic carbocycles. The van der Waals surface area contributed by atoms with Crippen LogP contribution in [0.1, 0.15) is 32.6 Å². The quantitative estimate of drug-likeness (QED) is 0.607. The third kappa shape index (κ3) is 4.61. The molecular weight excluding hydrogens is 206 g/mol. The highest BCUT2D eigenvalue weighted by atomic mass is 16.2. The molecule has 0 spiro atoms. The second-order valence-electron chi connectivity index (χ2n) is 4.00. The van der Waals surface area contributed by atoms with Crippen molar-refractivity contribution in [3.63, 3.8) is 0 Å². The Labute approximate surface area is 96.4 Å². The largest absolute Gasteiger partial charge is 0.356 e. The highest BCUT2D eigenvalue weighted by Crippen LogP contribution is 2.04. The highest BCUT2D eigenvalue weighted by Gasteiger charge is 2.19. The van der Waals surface area contributed by atoms with Crippen molar-refractivity contribution in [3.05, 3.63) is 0 Å². The Hall–Kier alpha value is -1.10. The van der Waals surface area contributed by atoms with Crippen molar-refractivity contribution >= 4 is 11.8 Å². The number of nitrogens with one attached hydrogen (secondary N) is 3. The Morgan fingerprint density at radius 3 is 3.06 bits per heavy atom. The summed E-state index contributed by atoms with van der Waals surface area (Å²) in [6, 6.07) is -0.128. The van der Waals surface area contributed by atoms with Gasteiger partial charge in [-0.25, -0.2) is 0 Å². The number of hydrogen-bond acceptors (Lipinski definition) is 3. The van der Waals surface area contributed by atoms with E-state index >= 15 is 0 Å². The van der Waals surface area contributed by atoms with E-state index in [1.54, 1.807) is 0 Å². The molecule has 0 aliphatic carbocycles. The van der Waals surface area contributed by atoms with E-state index in [2.05, 4.69) is 16.0 Å². The van der Waals surface area contributed by atoms with E-state index in [4.69, 9.17) is 0 Å². The van der Waals surface area contributed by atoms with E-state index < -0.39 is 0 Å². The van der Waals surface area contributed by atoms with Crippen LogP contribution >= 0.6 is 0 Å². The van der Waals surface area contributed by atoms with Crippen LogP contribution in [0.25, 0.3) is 0 Å². The van der Waals surface area contributed by atoms with Crippen LogP contribution in [-0.4, -0.2) is 37.5 Å². The SMILES string of the molecule is CCNC(=O)CCNC1CCCCNC1=O. The van der Waals surface area contributed by atoms with Gasteiger partial charge in [-0.1, -0.05) is 0 Å². The minimum absolute atomic E-state index is 0.0315. The number of carbonyl (C=O) groups excluding carboxylic acids is 2. The Bertz CT molecular complexity index is 243. The van der Waals surface area contributed by atoms with Crippen LogP contribution in [0.4, 0.5) is 0 Å². The molecule has 0 radical (unpaired) electrons. The second kappa shape index (κ2) is 7.22. The number of amides is 2. The molecule has 92 valence electrons. The molecular formula is C11H21N3O2. The van der Waals surface area contributed by atoms with Crippen molar-refractivity contribution in [1.82, 2.24) is 16.0 Å². The number of hydrogen-bond donors (Lipinski definition) is 3. The fourth-order valence-corrected chi connectivity index (χ4v) is 1.78. The Morgan fingerprint density at radius 2 is 2.31 bits per heavy atom. The molecule has 1 rings (SSSR count). The van der Waals surface area contributed by atoms with Gasteiger partial charge in [0.1, 0.15) is 0 Å². The van der Waals surface area contributed by atoms with Crippen LogP contribution in [0.2, 0.25) is 0 Å². The summed E-state index contributed by atoms with van der Waals surface area (Å²) in [4.78, 5) is 22.7. The van der Waals surface area contributed by atoms with E-state index in [0.717, 1.165) is 25.8 Å². The van der Waals surface area contributed by atoms with E-state index in [1.807, 2.05) is 6.92 Å². The molecule has 2 amide bonds. The standard InChI is InChI=1S/C11H21N3O2/c1-2-12-10(15)6-8-13-9-5-3-4-7-14-11(9)16/h9,13H,2-8H2,1H3,(H,12,15)(H,14,16). The Balaban J connectivity index is 2.20. The molecule has 1 heterocycles. The molecule has 0 aromatic rings. The van der Waals surface area contributed by atoms with E-state index in [1.165, 1.54) is 0 Å². The van der Waals surface area contributed by atoms with Crippen LogP contribution in [0.15, 0.2) is 0 Å². The summed E-state index contributed by atoms with van der Waals surface area (Å²) in [6.45, 7) is 3.88. The molecule has 16 heavy (non-hydrogen) atoms. The summed E-state index contributed by atoms with van der Waals surface area (Å²) in [5.74, 6) is 0.0948. The first-order valence-electron chi connectivity index (χ1n) is 6.02. The third-order valence-corrected chi connectivity index (χ3v) is 2.65. The lowest BCUT2D eigenvalue weighted by Gasteiger charge is -2.14. The fraction of sp³-hybridized carbons (Fsp3) is 0.818. The van der Waals surface area contributed by atoms with Crippen molar-refractivity contribution in [2.24, 2.45) is 0 Å². The van der Waals surface area contributed by atoms with Crippen LogP contribution in [0.3, 0.4) is 0 Å². The minimum atomic E-state index is -0.128. The van der Waals surface area contributed by atoms with Crippen LogP contribution < -0.4 is 16.0 Å². The molecule has 1 aliphatic rings. The lowest BCUT2D eigenvalue weighted by atomic mass is 10.1. The Morgan fingerprint density at radius 1 is 1.50 bits per heavy atom. The normalized spacial score (nSPS) is 21.1. The van der Waals surface area contributed by atoms with Gasteiger partial charge in [0.25, 0.3) is 0 Å². The predicted molar refractivity (Wildman–Crippen MR) is 62.0 cm³/mol. The zero-order chi connectivity index (χ0) is 11.8. The lowest BCUT2D eigenvalue weighted by Crippen LogP contribution is -2.43.